The van der Waals surface area contributed by atoms with E-state index in [1.807, 2.05) is 0 Å². The van der Waals surface area contributed by atoms with Crippen LogP contribution in [0.3, 0.4) is 0 Å². The Morgan fingerprint density at radius 1 is 1.23 bits per heavy atom. The van der Waals surface area contributed by atoms with Crippen LogP contribution in [0, 0.1) is 6.20 Å². The molecule has 63 valence electrons. The number of carbonyl (C=O) groups excluding carboxylic acids is 2. The van der Waals surface area contributed by atoms with E-state index in [2.05, 4.69) is 11.2 Å². The molecule has 0 saturated heterocycles. The SMILES string of the molecule is O=C1C=CC(=O)N1c1cc[c]nc1. The quantitative estimate of drug-likeness (QED) is 0.574. The minimum absolute atomic E-state index is 0.335. The van der Waals surface area contributed by atoms with Crippen LogP contribution in [0.5, 0.6) is 0 Å². The van der Waals surface area contributed by atoms with Gasteiger partial charge in [-0.25, -0.2) is 4.90 Å². The van der Waals surface area contributed by atoms with Gasteiger partial charge in [0.05, 0.1) is 18.1 Å². The molecule has 0 spiro atoms. The van der Waals surface area contributed by atoms with E-state index >= 15 is 0 Å². The van der Waals surface area contributed by atoms with Gasteiger partial charge in [-0.1, -0.05) is 0 Å². The number of nitrogens with zero attached hydrogens (tertiary/aromatic N) is 2. The number of hydrogen-bond acceptors (Lipinski definition) is 3. The molecule has 1 aliphatic heterocycles. The number of imide groups is 1. The fourth-order valence-electron chi connectivity index (χ4n) is 1.10. The van der Waals surface area contributed by atoms with E-state index in [0.717, 1.165) is 4.90 Å². The topological polar surface area (TPSA) is 50.3 Å². The van der Waals surface area contributed by atoms with Crippen molar-refractivity contribution in [2.45, 2.75) is 0 Å². The van der Waals surface area contributed by atoms with E-state index in [1.165, 1.54) is 18.3 Å². The van der Waals surface area contributed by atoms with E-state index in [9.17, 15) is 9.59 Å². The second kappa shape index (κ2) is 2.82. The summed E-state index contributed by atoms with van der Waals surface area (Å²) in [6.45, 7) is 0. The normalized spacial score (nSPS) is 15.5. The van der Waals surface area contributed by atoms with Crippen LogP contribution in [0.4, 0.5) is 5.69 Å². The zero-order valence-corrected chi connectivity index (χ0v) is 6.60. The highest BCUT2D eigenvalue weighted by atomic mass is 16.2. The fourth-order valence-corrected chi connectivity index (χ4v) is 1.10. The van der Waals surface area contributed by atoms with Crippen LogP contribution in [0.2, 0.25) is 0 Å². The summed E-state index contributed by atoms with van der Waals surface area (Å²) in [5.41, 5.74) is 0.471. The number of hydrogen-bond donors (Lipinski definition) is 0. The number of amides is 2. The summed E-state index contributed by atoms with van der Waals surface area (Å²) in [4.78, 5) is 27.1. The molecule has 4 nitrogen and oxygen atoms in total. The van der Waals surface area contributed by atoms with Gasteiger partial charge in [-0.2, -0.15) is 0 Å². The van der Waals surface area contributed by atoms with Gasteiger partial charge in [0, 0.05) is 12.2 Å². The first-order valence-corrected chi connectivity index (χ1v) is 3.67. The summed E-state index contributed by atoms with van der Waals surface area (Å²) in [6.07, 6.45) is 6.46. The van der Waals surface area contributed by atoms with E-state index in [1.54, 1.807) is 12.1 Å². The average Bonchev–Trinajstić information content (AvgIpc) is 2.48. The maximum atomic E-state index is 11.2. The predicted octanol–water partition coefficient (Wildman–Crippen LogP) is 0.311. The Morgan fingerprint density at radius 3 is 2.46 bits per heavy atom. The monoisotopic (exact) mass is 173 g/mol. The van der Waals surface area contributed by atoms with Crippen molar-refractivity contribution in [1.29, 1.82) is 0 Å². The summed E-state index contributed by atoms with van der Waals surface area (Å²) in [7, 11) is 0. The highest BCUT2D eigenvalue weighted by Gasteiger charge is 2.24. The van der Waals surface area contributed by atoms with Crippen molar-refractivity contribution in [2.75, 3.05) is 4.90 Å². The molecule has 1 aromatic rings. The van der Waals surface area contributed by atoms with Crippen LogP contribution in [-0.2, 0) is 9.59 Å². The van der Waals surface area contributed by atoms with Crippen molar-refractivity contribution in [3.63, 3.8) is 0 Å². The van der Waals surface area contributed by atoms with Crippen LogP contribution in [0.1, 0.15) is 0 Å². The maximum absolute atomic E-state index is 11.2. The van der Waals surface area contributed by atoms with Crippen molar-refractivity contribution in [3.8, 4) is 0 Å². The van der Waals surface area contributed by atoms with Crippen LogP contribution < -0.4 is 4.90 Å². The van der Waals surface area contributed by atoms with Gasteiger partial charge in [0.25, 0.3) is 11.8 Å². The standard InChI is InChI=1S/C9H5N2O2/c12-8-3-4-9(13)11(8)7-2-1-5-10-6-7/h1-4,6H. The lowest BCUT2D eigenvalue weighted by molar-refractivity contribution is -0.119. The molecule has 1 aliphatic rings. The van der Waals surface area contributed by atoms with Crippen molar-refractivity contribution in [2.24, 2.45) is 0 Å². The highest BCUT2D eigenvalue weighted by molar-refractivity contribution is 6.28. The molecule has 1 radical (unpaired) electrons. The molecule has 0 saturated carbocycles. The summed E-state index contributed by atoms with van der Waals surface area (Å²) < 4.78 is 0. The molecule has 1 aromatic heterocycles. The molecular weight excluding hydrogens is 168 g/mol. The smallest absolute Gasteiger partial charge is 0.258 e. The van der Waals surface area contributed by atoms with E-state index in [-0.39, 0.29) is 11.8 Å². The van der Waals surface area contributed by atoms with Crippen molar-refractivity contribution in [3.05, 3.63) is 36.7 Å². The molecule has 0 aliphatic carbocycles. The van der Waals surface area contributed by atoms with E-state index < -0.39 is 0 Å². The van der Waals surface area contributed by atoms with Gasteiger partial charge in [0.2, 0.25) is 0 Å². The predicted molar refractivity (Wildman–Crippen MR) is 44.7 cm³/mol. The minimum Gasteiger partial charge on any atom is -0.269 e. The second-order valence-corrected chi connectivity index (χ2v) is 2.49. The molecule has 0 atom stereocenters. The fraction of sp³-hybridized carbons (Fsp3) is 0. The van der Waals surface area contributed by atoms with Crippen molar-refractivity contribution < 1.29 is 9.59 Å². The van der Waals surface area contributed by atoms with Crippen molar-refractivity contribution >= 4 is 17.5 Å². The third-order valence-electron chi connectivity index (χ3n) is 1.67. The Kier molecular flexibility index (Phi) is 1.66. The van der Waals surface area contributed by atoms with Crippen LogP contribution in [0.25, 0.3) is 0 Å². The lowest BCUT2D eigenvalue weighted by Crippen LogP contribution is -2.29. The first-order valence-electron chi connectivity index (χ1n) is 3.67. The van der Waals surface area contributed by atoms with Gasteiger partial charge < -0.3 is 0 Å². The molecule has 4 heteroatoms. The lowest BCUT2D eigenvalue weighted by Gasteiger charge is -2.11. The molecule has 2 heterocycles. The molecule has 0 aromatic carbocycles. The molecule has 2 rings (SSSR count). The first kappa shape index (κ1) is 7.67. The summed E-state index contributed by atoms with van der Waals surface area (Å²) >= 11 is 0. The molecule has 2 amide bonds. The molecule has 13 heavy (non-hydrogen) atoms. The lowest BCUT2D eigenvalue weighted by atomic mass is 10.4. The van der Waals surface area contributed by atoms with Gasteiger partial charge in [-0.15, -0.1) is 0 Å². The van der Waals surface area contributed by atoms with Gasteiger partial charge in [-0.05, 0) is 12.1 Å². The molecule has 0 fully saturated rings. The van der Waals surface area contributed by atoms with Gasteiger partial charge in [-0.3, -0.25) is 14.6 Å². The van der Waals surface area contributed by atoms with Crippen LogP contribution in [-0.4, -0.2) is 16.8 Å². The Balaban J connectivity index is 2.38. The average molecular weight is 173 g/mol. The zero-order valence-electron chi connectivity index (χ0n) is 6.60. The van der Waals surface area contributed by atoms with Gasteiger partial charge in [0.15, 0.2) is 0 Å². The Hall–Kier alpha value is -1.97. The molecule has 0 unspecified atom stereocenters. The van der Waals surface area contributed by atoms with Crippen LogP contribution >= 0.6 is 0 Å². The van der Waals surface area contributed by atoms with Gasteiger partial charge >= 0.3 is 0 Å². The Bertz CT molecular complexity index is 366. The second-order valence-electron chi connectivity index (χ2n) is 2.49. The van der Waals surface area contributed by atoms with Crippen molar-refractivity contribution in [1.82, 2.24) is 4.98 Å². The summed E-state index contributed by atoms with van der Waals surface area (Å²) in [6, 6.07) is 3.16. The van der Waals surface area contributed by atoms with Gasteiger partial charge in [0.1, 0.15) is 0 Å². The minimum atomic E-state index is -0.335. The highest BCUT2D eigenvalue weighted by Crippen LogP contribution is 2.16. The molecular formula is C9H5N2O2. The Labute approximate surface area is 74.5 Å². The summed E-state index contributed by atoms with van der Waals surface area (Å²) in [5.74, 6) is -0.670. The molecule has 0 N–H and O–H groups in total. The third kappa shape index (κ3) is 1.22. The molecule has 0 bridgehead atoms. The summed E-state index contributed by atoms with van der Waals surface area (Å²) in [5, 5.41) is 0. The number of rotatable bonds is 1. The number of aromatic nitrogens is 1. The third-order valence-corrected chi connectivity index (χ3v) is 1.67. The zero-order chi connectivity index (χ0) is 9.26. The van der Waals surface area contributed by atoms with E-state index in [4.69, 9.17) is 0 Å². The largest absolute Gasteiger partial charge is 0.269 e. The van der Waals surface area contributed by atoms with E-state index in [0.29, 0.717) is 5.69 Å². The number of pyridine rings is 1. The number of anilines is 1. The number of carbonyl (C=O) groups is 2. The van der Waals surface area contributed by atoms with Crippen LogP contribution in [0.15, 0.2) is 30.5 Å². The first-order chi connectivity index (χ1) is 6.29. The maximum Gasteiger partial charge on any atom is 0.258 e. The Morgan fingerprint density at radius 2 is 1.92 bits per heavy atom.